The average Bonchev–Trinajstić information content (AvgIpc) is 3.23. The van der Waals surface area contributed by atoms with Crippen molar-refractivity contribution in [3.05, 3.63) is 120 Å². The highest BCUT2D eigenvalue weighted by atomic mass is 16.3. The van der Waals surface area contributed by atoms with Gasteiger partial charge in [-0.2, -0.15) is 5.10 Å². The number of aromatic nitrogens is 2. The van der Waals surface area contributed by atoms with E-state index >= 15 is 0 Å². The van der Waals surface area contributed by atoms with Crippen molar-refractivity contribution in [1.29, 1.82) is 0 Å². The summed E-state index contributed by atoms with van der Waals surface area (Å²) in [6.45, 7) is 0. The van der Waals surface area contributed by atoms with E-state index in [1.165, 1.54) is 0 Å². The number of aliphatic hydroxyl groups is 1. The topological polar surface area (TPSA) is 48.9 Å². The zero-order chi connectivity index (χ0) is 19.2. The Kier molecular flexibility index (Phi) is 5.18. The summed E-state index contributed by atoms with van der Waals surface area (Å²) in [6, 6.07) is 31.8. The molecule has 0 aliphatic carbocycles. The molecule has 0 amide bonds. The third-order valence-electron chi connectivity index (χ3n) is 4.79. The summed E-state index contributed by atoms with van der Waals surface area (Å²) < 4.78 is 0. The first-order chi connectivity index (χ1) is 13.7. The summed E-state index contributed by atoms with van der Waals surface area (Å²) in [4.78, 5) is 0. The maximum Gasteiger partial charge on any atom is 0.114 e. The number of nitrogens with one attached hydrogen (secondary N) is 1. The molecule has 1 aromatic heterocycles. The lowest BCUT2D eigenvalue weighted by Gasteiger charge is -2.24. The van der Waals surface area contributed by atoms with E-state index in [9.17, 15) is 5.11 Å². The van der Waals surface area contributed by atoms with Crippen molar-refractivity contribution in [1.82, 2.24) is 10.2 Å². The van der Waals surface area contributed by atoms with Crippen LogP contribution < -0.4 is 0 Å². The summed E-state index contributed by atoms with van der Waals surface area (Å²) >= 11 is 0. The molecule has 0 bridgehead atoms. The molecule has 2 N–H and O–H groups in total. The summed E-state index contributed by atoms with van der Waals surface area (Å²) in [5, 5.41) is 19.0. The standard InChI is InChI=1S/C25H22N2O/c28-25(22-14-8-3-9-15-22,17-16-20-10-4-1-5-11-20)19-23-18-24(27-26-23)21-12-6-2-7-13-21/h1-18,28H,19H2,(H,26,27)/b17-16+/t25-/m1/s1. The summed E-state index contributed by atoms with van der Waals surface area (Å²) in [5.41, 5.74) is 3.55. The minimum absolute atomic E-state index is 0.403. The van der Waals surface area contributed by atoms with Gasteiger partial charge in [-0.25, -0.2) is 0 Å². The van der Waals surface area contributed by atoms with Gasteiger partial charge >= 0.3 is 0 Å². The van der Waals surface area contributed by atoms with Crippen molar-refractivity contribution < 1.29 is 5.11 Å². The Balaban J connectivity index is 1.65. The molecule has 0 saturated heterocycles. The van der Waals surface area contributed by atoms with Gasteiger partial charge in [0.1, 0.15) is 5.60 Å². The van der Waals surface area contributed by atoms with Gasteiger partial charge in [-0.15, -0.1) is 0 Å². The third-order valence-corrected chi connectivity index (χ3v) is 4.79. The summed E-state index contributed by atoms with van der Waals surface area (Å²) in [7, 11) is 0. The fraction of sp³-hybridized carbons (Fsp3) is 0.0800. The molecule has 4 aromatic rings. The van der Waals surface area contributed by atoms with E-state index in [-0.39, 0.29) is 0 Å². The maximum atomic E-state index is 11.5. The number of hydrogen-bond donors (Lipinski definition) is 2. The lowest BCUT2D eigenvalue weighted by molar-refractivity contribution is 0.0896. The van der Waals surface area contributed by atoms with Crippen LogP contribution in [0.3, 0.4) is 0 Å². The van der Waals surface area contributed by atoms with E-state index in [2.05, 4.69) is 10.2 Å². The van der Waals surface area contributed by atoms with Crippen LogP contribution in [0.5, 0.6) is 0 Å². The highest BCUT2D eigenvalue weighted by molar-refractivity contribution is 5.59. The molecule has 28 heavy (non-hydrogen) atoms. The van der Waals surface area contributed by atoms with Crippen molar-refractivity contribution in [2.45, 2.75) is 12.0 Å². The Hall–Kier alpha value is -3.43. The second-order valence-corrected chi connectivity index (χ2v) is 6.86. The zero-order valence-electron chi connectivity index (χ0n) is 15.5. The number of benzene rings is 3. The van der Waals surface area contributed by atoms with Crippen LogP contribution in [0.1, 0.15) is 16.8 Å². The fourth-order valence-electron chi connectivity index (χ4n) is 3.28. The number of hydrogen-bond acceptors (Lipinski definition) is 2. The summed E-state index contributed by atoms with van der Waals surface area (Å²) in [6.07, 6.45) is 4.22. The molecule has 0 aliphatic heterocycles. The predicted octanol–water partition coefficient (Wildman–Crippen LogP) is 5.22. The van der Waals surface area contributed by atoms with Crippen LogP contribution in [-0.2, 0) is 12.0 Å². The maximum absolute atomic E-state index is 11.5. The average molecular weight is 366 g/mol. The lowest BCUT2D eigenvalue weighted by atomic mass is 9.88. The van der Waals surface area contributed by atoms with Crippen LogP contribution in [0.25, 0.3) is 17.3 Å². The van der Waals surface area contributed by atoms with Gasteiger partial charge in [0.25, 0.3) is 0 Å². The molecule has 1 atom stereocenters. The summed E-state index contributed by atoms with van der Waals surface area (Å²) in [5.74, 6) is 0. The van der Waals surface area contributed by atoms with Gasteiger partial charge in [0.05, 0.1) is 5.69 Å². The predicted molar refractivity (Wildman–Crippen MR) is 114 cm³/mol. The van der Waals surface area contributed by atoms with Crippen molar-refractivity contribution in [3.8, 4) is 11.3 Å². The van der Waals surface area contributed by atoms with E-state index in [4.69, 9.17) is 0 Å². The van der Waals surface area contributed by atoms with Crippen molar-refractivity contribution in [2.24, 2.45) is 0 Å². The molecule has 0 radical (unpaired) electrons. The zero-order valence-corrected chi connectivity index (χ0v) is 15.5. The van der Waals surface area contributed by atoms with Gasteiger partial charge in [0.15, 0.2) is 0 Å². The Morgan fingerprint density at radius 2 is 1.43 bits per heavy atom. The molecule has 0 fully saturated rings. The molecule has 0 saturated carbocycles. The monoisotopic (exact) mass is 366 g/mol. The number of H-pyrrole nitrogens is 1. The second kappa shape index (κ2) is 8.07. The van der Waals surface area contributed by atoms with E-state index in [0.29, 0.717) is 6.42 Å². The third kappa shape index (κ3) is 4.11. The smallest absolute Gasteiger partial charge is 0.114 e. The largest absolute Gasteiger partial charge is 0.381 e. The Bertz CT molecular complexity index is 1040. The first-order valence-electron chi connectivity index (χ1n) is 9.35. The first-order valence-corrected chi connectivity index (χ1v) is 9.35. The molecule has 1 heterocycles. The molecule has 0 aliphatic rings. The van der Waals surface area contributed by atoms with E-state index in [1.54, 1.807) is 0 Å². The molecule has 138 valence electrons. The van der Waals surface area contributed by atoms with Crippen molar-refractivity contribution in [3.63, 3.8) is 0 Å². The van der Waals surface area contributed by atoms with Gasteiger partial charge in [-0.05, 0) is 23.3 Å². The second-order valence-electron chi connectivity index (χ2n) is 6.86. The molecule has 4 rings (SSSR count). The van der Waals surface area contributed by atoms with Crippen LogP contribution in [0, 0.1) is 0 Å². The number of nitrogens with zero attached hydrogens (tertiary/aromatic N) is 1. The van der Waals surface area contributed by atoms with Gasteiger partial charge in [0, 0.05) is 17.7 Å². The highest BCUT2D eigenvalue weighted by Crippen LogP contribution is 2.29. The minimum atomic E-state index is -1.14. The molecular formula is C25H22N2O. The van der Waals surface area contributed by atoms with Crippen LogP contribution in [0.15, 0.2) is 103 Å². The van der Waals surface area contributed by atoms with Crippen LogP contribution in [0.4, 0.5) is 0 Å². The normalized spacial score (nSPS) is 13.5. The molecule has 0 unspecified atom stereocenters. The fourth-order valence-corrected chi connectivity index (χ4v) is 3.28. The van der Waals surface area contributed by atoms with E-state index < -0.39 is 5.60 Å². The highest BCUT2D eigenvalue weighted by Gasteiger charge is 2.27. The van der Waals surface area contributed by atoms with Crippen LogP contribution in [-0.4, -0.2) is 15.3 Å². The van der Waals surface area contributed by atoms with E-state index in [1.807, 2.05) is 109 Å². The van der Waals surface area contributed by atoms with E-state index in [0.717, 1.165) is 28.1 Å². The van der Waals surface area contributed by atoms with Crippen molar-refractivity contribution in [2.75, 3.05) is 0 Å². The molecule has 3 aromatic carbocycles. The molecule has 3 heteroatoms. The van der Waals surface area contributed by atoms with Gasteiger partial charge in [-0.1, -0.05) is 97.1 Å². The molecule has 3 nitrogen and oxygen atoms in total. The minimum Gasteiger partial charge on any atom is -0.381 e. The van der Waals surface area contributed by atoms with Crippen LogP contribution >= 0.6 is 0 Å². The van der Waals surface area contributed by atoms with Gasteiger partial charge in [0.2, 0.25) is 0 Å². The Morgan fingerprint density at radius 3 is 2.11 bits per heavy atom. The lowest BCUT2D eigenvalue weighted by Crippen LogP contribution is -2.26. The van der Waals surface area contributed by atoms with Crippen LogP contribution in [0.2, 0.25) is 0 Å². The van der Waals surface area contributed by atoms with Gasteiger partial charge in [-0.3, -0.25) is 5.10 Å². The SMILES string of the molecule is O[C@](/C=C/c1ccccc1)(Cc1cc(-c2ccccc2)n[nH]1)c1ccccc1. The number of rotatable bonds is 6. The Labute approximate surface area is 165 Å². The Morgan fingerprint density at radius 1 is 0.821 bits per heavy atom. The number of aromatic amines is 1. The molecule has 0 spiro atoms. The quantitative estimate of drug-likeness (QED) is 0.491. The van der Waals surface area contributed by atoms with Gasteiger partial charge < -0.3 is 5.11 Å². The van der Waals surface area contributed by atoms with Crippen molar-refractivity contribution >= 4 is 6.08 Å². The first kappa shape index (κ1) is 18.0. The molecular weight excluding hydrogens is 344 g/mol.